The Morgan fingerprint density at radius 2 is 1.63 bits per heavy atom. The summed E-state index contributed by atoms with van der Waals surface area (Å²) in [6, 6.07) is 20.6. The molecule has 0 aromatic heterocycles. The monoisotopic (exact) mass is 825 g/mol. The Hall–Kier alpha value is -5.41. The van der Waals surface area contributed by atoms with Gasteiger partial charge in [0.2, 0.25) is 5.36 Å². The Morgan fingerprint density at radius 3 is 2.29 bits per heavy atom. The lowest BCUT2D eigenvalue weighted by atomic mass is 9.83. The summed E-state index contributed by atoms with van der Waals surface area (Å²) >= 11 is 0. The first-order chi connectivity index (χ1) is 28.2. The van der Waals surface area contributed by atoms with E-state index in [0.29, 0.717) is 68.5 Å². The van der Waals surface area contributed by atoms with Crippen molar-refractivity contribution < 1.29 is 46.1 Å². The molecule has 3 heterocycles. The maximum Gasteiger partial charge on any atom is 0.333 e. The molecular weight excluding hydrogens is 775 g/mol. The Labute approximate surface area is 345 Å². The van der Waals surface area contributed by atoms with Crippen molar-refractivity contribution in [3.05, 3.63) is 107 Å². The van der Waals surface area contributed by atoms with Crippen LogP contribution < -0.4 is 14.8 Å². The number of allylic oxidation sites excluding steroid dienone is 3. The Kier molecular flexibility index (Phi) is 13.7. The van der Waals surface area contributed by atoms with Crippen LogP contribution in [0.4, 0.5) is 5.69 Å². The second-order valence-electron chi connectivity index (χ2n) is 15.2. The average molecular weight is 826 g/mol. The standard InChI is InChI=1S/C45H51N3O10S/c1-31-35(36-20-18-33(46(25-27-55-4)26-28-56-5)29-39(36)57-44(31)32-13-8-6-9-14-32)15-12-16-40-45(2,3)37-30-34(59(52,53)54)19-21-38(37)47(40)24-11-7-10-17-43(51)58-48-41(49)22-23-42(48)50/h6,8-9,12-16,18-21,29-30H,7,10-11,17,22-28H2,1-5H3. The molecule has 0 bridgehead atoms. The molecule has 0 unspecified atom stereocenters. The van der Waals surface area contributed by atoms with E-state index in [0.717, 1.165) is 44.8 Å². The smallest absolute Gasteiger partial charge is 0.333 e. The molecule has 0 radical (unpaired) electrons. The van der Waals surface area contributed by atoms with E-state index in [4.69, 9.17) is 18.7 Å². The van der Waals surface area contributed by atoms with Gasteiger partial charge in [-0.05, 0) is 61.2 Å². The largest absolute Gasteiger partial charge is 0.744 e. The number of imide groups is 1. The highest BCUT2D eigenvalue weighted by Gasteiger charge is 2.40. The molecule has 2 aromatic rings. The van der Waals surface area contributed by atoms with Gasteiger partial charge in [0.1, 0.15) is 34.9 Å². The van der Waals surface area contributed by atoms with Crippen LogP contribution in [0.25, 0.3) is 28.7 Å². The predicted octanol–water partition coefficient (Wildman–Crippen LogP) is 6.19. The zero-order valence-electron chi connectivity index (χ0n) is 34.2. The third-order valence-corrected chi connectivity index (χ3v) is 11.7. The summed E-state index contributed by atoms with van der Waals surface area (Å²) in [6.07, 6.45) is 7.95. The molecule has 0 N–H and O–H groups in total. The number of anilines is 1. The summed E-state index contributed by atoms with van der Waals surface area (Å²) in [5.74, 6) is -0.226. The van der Waals surface area contributed by atoms with E-state index in [1.54, 1.807) is 20.3 Å². The lowest BCUT2D eigenvalue weighted by Gasteiger charge is -2.27. The topological polar surface area (TPSA) is 159 Å². The third kappa shape index (κ3) is 9.73. The van der Waals surface area contributed by atoms with Crippen LogP contribution in [0.15, 0.2) is 93.9 Å². The Morgan fingerprint density at radius 1 is 0.932 bits per heavy atom. The number of unbranched alkanes of at least 4 members (excludes halogenated alkanes) is 2. The maximum atomic E-state index is 12.4. The number of nitrogens with zero attached hydrogens (tertiary/aromatic N) is 3. The van der Waals surface area contributed by atoms with Crippen molar-refractivity contribution in [2.75, 3.05) is 52.0 Å². The van der Waals surface area contributed by atoms with Crippen molar-refractivity contribution in [1.82, 2.24) is 9.64 Å². The number of fused-ring (bicyclic) bond motifs is 2. The molecule has 2 amide bonds. The molecule has 59 heavy (non-hydrogen) atoms. The van der Waals surface area contributed by atoms with E-state index in [9.17, 15) is 27.4 Å². The highest BCUT2D eigenvalue weighted by molar-refractivity contribution is 7.85. The van der Waals surface area contributed by atoms with Crippen molar-refractivity contribution in [3.63, 3.8) is 0 Å². The summed E-state index contributed by atoms with van der Waals surface area (Å²) in [5.41, 5.74) is 5.51. The molecule has 4 aliphatic rings. The van der Waals surface area contributed by atoms with Gasteiger partial charge in [0, 0.05) is 79.6 Å². The Bertz CT molecular complexity index is 2390. The molecule has 312 valence electrons. The Balaban J connectivity index is 1.34. The number of rotatable bonds is 17. The minimum absolute atomic E-state index is 0.0320. The van der Waals surface area contributed by atoms with Gasteiger partial charge in [-0.15, -0.1) is 5.06 Å². The average Bonchev–Trinajstić information content (AvgIpc) is 3.64. The summed E-state index contributed by atoms with van der Waals surface area (Å²) in [6.45, 7) is 9.03. The lowest BCUT2D eigenvalue weighted by molar-refractivity contribution is -0.197. The molecule has 1 fully saturated rings. The van der Waals surface area contributed by atoms with Crippen LogP contribution in [0.5, 0.6) is 0 Å². The first kappa shape index (κ1) is 43.2. The van der Waals surface area contributed by atoms with Gasteiger partial charge >= 0.3 is 5.97 Å². The van der Waals surface area contributed by atoms with Gasteiger partial charge in [-0.25, -0.2) is 17.8 Å². The second-order valence-corrected chi connectivity index (χ2v) is 16.5. The van der Waals surface area contributed by atoms with E-state index in [2.05, 4.69) is 27.7 Å². The van der Waals surface area contributed by atoms with Gasteiger partial charge in [0.05, 0.1) is 11.0 Å². The SMILES string of the molecule is COCC[N+](CCOC)=c1ccc2c(/C=C/C=C3\N(CCCCCC(=O)ON4C(=O)CCC4=O)c4ccc(S(=O)(=O)[O-])cc4C3(C)C)c(C)c(-c3ccccc3)oc-2c1. The number of hydrogen-bond acceptors (Lipinski definition) is 11. The van der Waals surface area contributed by atoms with E-state index >= 15 is 0 Å². The van der Waals surface area contributed by atoms with Crippen molar-refractivity contribution in [2.24, 2.45) is 0 Å². The van der Waals surface area contributed by atoms with Crippen LogP contribution in [0.1, 0.15) is 69.1 Å². The molecule has 0 spiro atoms. The number of benzene rings is 3. The first-order valence-electron chi connectivity index (χ1n) is 19.8. The fraction of sp³-hybridized carbons (Fsp3) is 0.378. The number of hydroxylamine groups is 2. The summed E-state index contributed by atoms with van der Waals surface area (Å²) < 4.78 is 56.0. The van der Waals surface area contributed by atoms with E-state index in [-0.39, 0.29) is 24.2 Å². The fourth-order valence-electron chi connectivity index (χ4n) is 7.69. The number of methoxy groups -OCH3 is 2. The van der Waals surface area contributed by atoms with E-state index < -0.39 is 33.3 Å². The summed E-state index contributed by atoms with van der Waals surface area (Å²) in [7, 11) is -1.34. The minimum Gasteiger partial charge on any atom is -0.744 e. The number of amides is 2. The lowest BCUT2D eigenvalue weighted by Crippen LogP contribution is -2.35. The van der Waals surface area contributed by atoms with Crippen molar-refractivity contribution in [3.8, 4) is 22.6 Å². The normalized spacial score (nSPS) is 15.9. The molecule has 3 aliphatic heterocycles. The van der Waals surface area contributed by atoms with E-state index in [1.165, 1.54) is 12.1 Å². The van der Waals surface area contributed by atoms with Gasteiger partial charge < -0.3 is 28.2 Å². The molecule has 0 atom stereocenters. The predicted molar refractivity (Wildman–Crippen MR) is 222 cm³/mol. The first-order valence-corrected chi connectivity index (χ1v) is 21.2. The van der Waals surface area contributed by atoms with E-state index in [1.807, 2.05) is 69.3 Å². The van der Waals surface area contributed by atoms with Crippen molar-refractivity contribution in [1.29, 1.82) is 0 Å². The van der Waals surface area contributed by atoms with Crippen molar-refractivity contribution >= 4 is 39.7 Å². The zero-order chi connectivity index (χ0) is 42.3. The zero-order valence-corrected chi connectivity index (χ0v) is 35.0. The summed E-state index contributed by atoms with van der Waals surface area (Å²) in [4.78, 5) is 42.9. The molecule has 2 aromatic carbocycles. The van der Waals surface area contributed by atoms with Crippen LogP contribution in [-0.4, -0.2) is 82.9 Å². The highest BCUT2D eigenvalue weighted by Crippen LogP contribution is 2.49. The molecule has 13 nitrogen and oxygen atoms in total. The van der Waals surface area contributed by atoms with Crippen LogP contribution in [-0.2, 0) is 44.2 Å². The maximum absolute atomic E-state index is 12.4. The molecule has 14 heteroatoms. The minimum atomic E-state index is -4.70. The van der Waals surface area contributed by atoms with Gasteiger partial charge in [0.15, 0.2) is 13.1 Å². The van der Waals surface area contributed by atoms with Gasteiger partial charge in [0.25, 0.3) is 11.8 Å². The quantitative estimate of drug-likeness (QED) is 0.0517. The highest BCUT2D eigenvalue weighted by atomic mass is 32.2. The van der Waals surface area contributed by atoms with Crippen LogP contribution >= 0.6 is 0 Å². The fourth-order valence-corrected chi connectivity index (χ4v) is 8.18. The van der Waals surface area contributed by atoms with Crippen LogP contribution in [0.2, 0.25) is 0 Å². The third-order valence-electron chi connectivity index (χ3n) is 10.9. The molecular formula is C45H51N3O10S. The number of carbonyl (C=O) groups is 3. The summed E-state index contributed by atoms with van der Waals surface area (Å²) in [5, 5.41) is 1.54. The number of ether oxygens (including phenoxy) is 2. The second kappa shape index (κ2) is 18.7. The molecule has 0 saturated carbocycles. The van der Waals surface area contributed by atoms with Gasteiger partial charge in [-0.1, -0.05) is 62.8 Å². The molecule has 1 saturated heterocycles. The van der Waals surface area contributed by atoms with Crippen LogP contribution in [0, 0.1) is 6.92 Å². The molecule has 6 rings (SSSR count). The number of hydrogen-bond donors (Lipinski definition) is 0. The number of carbonyl (C=O) groups excluding carboxylic acids is 3. The van der Waals surface area contributed by atoms with Crippen molar-refractivity contribution in [2.45, 2.75) is 69.6 Å². The van der Waals surface area contributed by atoms with Gasteiger partial charge in [-0.2, -0.15) is 0 Å². The molecule has 1 aliphatic carbocycles. The van der Waals surface area contributed by atoms with Gasteiger partial charge in [-0.3, -0.25) is 9.59 Å². The van der Waals surface area contributed by atoms with Crippen LogP contribution in [0.3, 0.4) is 0 Å².